The van der Waals surface area contributed by atoms with Crippen molar-refractivity contribution < 1.29 is 8.42 Å². The van der Waals surface area contributed by atoms with E-state index in [1.807, 2.05) is 6.07 Å². The lowest BCUT2D eigenvalue weighted by atomic mass is 10.2. The molecule has 0 unspecified atom stereocenters. The summed E-state index contributed by atoms with van der Waals surface area (Å²) in [6.07, 6.45) is 5.34. The third kappa shape index (κ3) is 9.70. The molecule has 0 aromatic rings. The maximum atomic E-state index is 11.3. The van der Waals surface area contributed by atoms with Crippen LogP contribution in [0.2, 0.25) is 0 Å². The van der Waals surface area contributed by atoms with Crippen LogP contribution in [0.4, 0.5) is 0 Å². The van der Waals surface area contributed by atoms with Gasteiger partial charge >= 0.3 is 0 Å². The van der Waals surface area contributed by atoms with E-state index in [9.17, 15) is 8.42 Å². The predicted octanol–water partition coefficient (Wildman–Crippen LogP) is 1.79. The number of nitrogens with one attached hydrogen (secondary N) is 1. The van der Waals surface area contributed by atoms with Crippen molar-refractivity contribution in [1.82, 2.24) is 4.72 Å². The molecule has 0 atom stereocenters. The number of sulfonamides is 1. The van der Waals surface area contributed by atoms with E-state index in [1.54, 1.807) is 0 Å². The molecule has 0 radical (unpaired) electrons. The van der Waals surface area contributed by atoms with Crippen molar-refractivity contribution in [3.8, 4) is 6.07 Å². The molecule has 0 aliphatic heterocycles. The van der Waals surface area contributed by atoms with Crippen molar-refractivity contribution >= 4 is 10.0 Å². The molecule has 0 aliphatic carbocycles. The van der Waals surface area contributed by atoms with Crippen LogP contribution in [0.1, 0.15) is 45.4 Å². The zero-order valence-corrected chi connectivity index (χ0v) is 10.1. The first-order valence-corrected chi connectivity index (χ1v) is 7.12. The van der Waals surface area contributed by atoms with Gasteiger partial charge in [0.25, 0.3) is 0 Å². The van der Waals surface area contributed by atoms with E-state index in [1.165, 1.54) is 6.42 Å². The second kappa shape index (κ2) is 8.69. The summed E-state index contributed by atoms with van der Waals surface area (Å²) < 4.78 is 25.0. The van der Waals surface area contributed by atoms with Gasteiger partial charge in [0.2, 0.25) is 10.0 Å². The Balaban J connectivity index is 3.53. The summed E-state index contributed by atoms with van der Waals surface area (Å²) >= 11 is 0. The molecular formula is C10H20N2O2S. The third-order valence-corrected chi connectivity index (χ3v) is 3.55. The fourth-order valence-electron chi connectivity index (χ4n) is 1.23. The first-order valence-electron chi connectivity index (χ1n) is 5.46. The van der Waals surface area contributed by atoms with Crippen LogP contribution in [0, 0.1) is 11.3 Å². The normalized spacial score (nSPS) is 11.2. The third-order valence-electron chi connectivity index (χ3n) is 2.08. The highest BCUT2D eigenvalue weighted by Gasteiger charge is 2.07. The summed E-state index contributed by atoms with van der Waals surface area (Å²) in [6.45, 7) is 2.36. The second-order valence-electron chi connectivity index (χ2n) is 3.54. The summed E-state index contributed by atoms with van der Waals surface area (Å²) in [4.78, 5) is 0. The van der Waals surface area contributed by atoms with Gasteiger partial charge in [-0.05, 0) is 6.42 Å². The van der Waals surface area contributed by atoms with Gasteiger partial charge in [-0.1, -0.05) is 32.6 Å². The first kappa shape index (κ1) is 14.4. The zero-order valence-electron chi connectivity index (χ0n) is 9.33. The van der Waals surface area contributed by atoms with Crippen LogP contribution >= 0.6 is 0 Å². The monoisotopic (exact) mass is 232 g/mol. The molecule has 0 heterocycles. The summed E-state index contributed by atoms with van der Waals surface area (Å²) in [7, 11) is -3.14. The van der Waals surface area contributed by atoms with E-state index in [0.717, 1.165) is 19.3 Å². The van der Waals surface area contributed by atoms with Gasteiger partial charge in [0.1, 0.15) is 0 Å². The molecule has 0 aromatic carbocycles. The number of hydrogen-bond donors (Lipinski definition) is 1. The fourth-order valence-corrected chi connectivity index (χ4v) is 2.37. The Hall–Kier alpha value is -0.600. The van der Waals surface area contributed by atoms with E-state index < -0.39 is 10.0 Å². The maximum absolute atomic E-state index is 11.3. The maximum Gasteiger partial charge on any atom is 0.211 e. The lowest BCUT2D eigenvalue weighted by Crippen LogP contribution is -2.27. The molecule has 1 N–H and O–H groups in total. The summed E-state index contributed by atoms with van der Waals surface area (Å²) in [5.41, 5.74) is 0. The second-order valence-corrected chi connectivity index (χ2v) is 5.46. The van der Waals surface area contributed by atoms with Gasteiger partial charge in [0, 0.05) is 13.0 Å². The van der Waals surface area contributed by atoms with Gasteiger partial charge < -0.3 is 0 Å². The lowest BCUT2D eigenvalue weighted by molar-refractivity contribution is 0.574. The van der Waals surface area contributed by atoms with Crippen molar-refractivity contribution in [2.75, 3.05) is 12.3 Å². The van der Waals surface area contributed by atoms with Crippen molar-refractivity contribution in [2.45, 2.75) is 45.4 Å². The summed E-state index contributed by atoms with van der Waals surface area (Å²) in [5.74, 6) is 0.183. The van der Waals surface area contributed by atoms with Crippen molar-refractivity contribution in [3.05, 3.63) is 0 Å². The average molecular weight is 232 g/mol. The van der Waals surface area contributed by atoms with Gasteiger partial charge in [-0.25, -0.2) is 13.1 Å². The zero-order chi connectivity index (χ0) is 11.6. The molecule has 0 amide bonds. The summed E-state index contributed by atoms with van der Waals surface area (Å²) in [5, 5.41) is 8.25. The quantitative estimate of drug-likeness (QED) is 0.616. The lowest BCUT2D eigenvalue weighted by Gasteiger charge is -2.04. The van der Waals surface area contributed by atoms with Crippen molar-refractivity contribution in [3.63, 3.8) is 0 Å². The Morgan fingerprint density at radius 1 is 1.20 bits per heavy atom. The molecule has 0 aromatic heterocycles. The van der Waals surface area contributed by atoms with Crippen molar-refractivity contribution in [1.29, 1.82) is 5.26 Å². The molecule has 88 valence electrons. The predicted molar refractivity (Wildman–Crippen MR) is 60.8 cm³/mol. The highest BCUT2D eigenvalue weighted by atomic mass is 32.2. The van der Waals surface area contributed by atoms with Crippen LogP contribution in [0.3, 0.4) is 0 Å². The Kier molecular flexibility index (Phi) is 8.34. The Labute approximate surface area is 92.7 Å². The summed E-state index contributed by atoms with van der Waals surface area (Å²) in [6, 6.07) is 1.90. The SMILES string of the molecule is CCCCCCCS(=O)(=O)NCCC#N. The average Bonchev–Trinajstić information content (AvgIpc) is 2.17. The van der Waals surface area contributed by atoms with Crippen LogP contribution in [-0.2, 0) is 10.0 Å². The van der Waals surface area contributed by atoms with Crippen LogP contribution in [0.25, 0.3) is 0 Å². The molecule has 0 aliphatic rings. The Morgan fingerprint density at radius 3 is 2.47 bits per heavy atom. The van der Waals surface area contributed by atoms with E-state index >= 15 is 0 Å². The highest BCUT2D eigenvalue weighted by Crippen LogP contribution is 2.03. The van der Waals surface area contributed by atoms with Crippen molar-refractivity contribution in [2.24, 2.45) is 0 Å². The molecule has 0 rings (SSSR count). The van der Waals surface area contributed by atoms with Crippen LogP contribution < -0.4 is 4.72 Å². The van der Waals surface area contributed by atoms with Crippen LogP contribution in [0.5, 0.6) is 0 Å². The molecule has 15 heavy (non-hydrogen) atoms. The molecule has 0 bridgehead atoms. The van der Waals surface area contributed by atoms with Gasteiger partial charge in [0.05, 0.1) is 11.8 Å². The number of rotatable bonds is 9. The molecule has 5 heteroatoms. The van der Waals surface area contributed by atoms with Crippen LogP contribution in [-0.4, -0.2) is 20.7 Å². The number of unbranched alkanes of at least 4 members (excludes halogenated alkanes) is 4. The largest absolute Gasteiger partial charge is 0.214 e. The topological polar surface area (TPSA) is 70.0 Å². The molecule has 4 nitrogen and oxygen atoms in total. The Bertz CT molecular complexity index is 280. The first-order chi connectivity index (χ1) is 7.12. The number of nitrogens with zero attached hydrogens (tertiary/aromatic N) is 1. The van der Waals surface area contributed by atoms with E-state index in [0.29, 0.717) is 6.42 Å². The molecule has 0 fully saturated rings. The van der Waals surface area contributed by atoms with Gasteiger partial charge in [-0.2, -0.15) is 5.26 Å². The van der Waals surface area contributed by atoms with Gasteiger partial charge in [-0.15, -0.1) is 0 Å². The van der Waals surface area contributed by atoms with Gasteiger partial charge in [-0.3, -0.25) is 0 Å². The van der Waals surface area contributed by atoms with E-state index in [4.69, 9.17) is 5.26 Å². The molecule has 0 spiro atoms. The minimum absolute atomic E-state index is 0.183. The van der Waals surface area contributed by atoms with E-state index in [2.05, 4.69) is 11.6 Å². The van der Waals surface area contributed by atoms with Crippen LogP contribution in [0.15, 0.2) is 0 Å². The Morgan fingerprint density at radius 2 is 1.87 bits per heavy atom. The van der Waals surface area contributed by atoms with Gasteiger partial charge in [0.15, 0.2) is 0 Å². The van der Waals surface area contributed by atoms with E-state index in [-0.39, 0.29) is 18.7 Å². The minimum atomic E-state index is -3.14. The molecule has 0 saturated heterocycles. The standard InChI is InChI=1S/C10H20N2O2S/c1-2-3-4-5-6-10-15(13,14)12-9-7-8-11/h12H,2-7,9-10H2,1H3. The molecular weight excluding hydrogens is 212 g/mol. The highest BCUT2D eigenvalue weighted by molar-refractivity contribution is 7.89. The number of nitriles is 1. The minimum Gasteiger partial charge on any atom is -0.214 e. The smallest absolute Gasteiger partial charge is 0.211 e. The number of hydrogen-bond acceptors (Lipinski definition) is 3. The molecule has 0 saturated carbocycles. The fraction of sp³-hybridized carbons (Fsp3) is 0.900.